The highest BCUT2D eigenvalue weighted by Crippen LogP contribution is 2.27. The van der Waals surface area contributed by atoms with E-state index in [0.29, 0.717) is 13.0 Å². The number of pyridine rings is 2. The van der Waals surface area contributed by atoms with E-state index in [1.165, 1.54) is 6.07 Å². The molecule has 6 nitrogen and oxygen atoms in total. The number of aromatic amines is 1. The van der Waals surface area contributed by atoms with Crippen LogP contribution in [0, 0.1) is 0 Å². The molecule has 120 valence electrons. The monoisotopic (exact) mass is 312 g/mol. The Kier molecular flexibility index (Phi) is 4.71. The van der Waals surface area contributed by atoms with Crippen molar-refractivity contribution >= 4 is 6.03 Å². The first-order valence-electron chi connectivity index (χ1n) is 7.89. The molecular formula is C17H20N4O2. The smallest absolute Gasteiger partial charge is 0.315 e. The molecule has 0 aliphatic heterocycles. The predicted octanol–water partition coefficient (Wildman–Crippen LogP) is 1.69. The van der Waals surface area contributed by atoms with Crippen LogP contribution >= 0.6 is 0 Å². The summed E-state index contributed by atoms with van der Waals surface area (Å²) in [6.45, 7) is 0.536. The number of carbonyl (C=O) groups is 1. The Morgan fingerprint density at radius 3 is 3.04 bits per heavy atom. The normalized spacial score (nSPS) is 16.4. The second-order valence-electron chi connectivity index (χ2n) is 5.67. The van der Waals surface area contributed by atoms with Gasteiger partial charge in [-0.05, 0) is 43.0 Å². The van der Waals surface area contributed by atoms with E-state index in [9.17, 15) is 9.59 Å². The van der Waals surface area contributed by atoms with E-state index in [4.69, 9.17) is 0 Å². The van der Waals surface area contributed by atoms with E-state index in [1.54, 1.807) is 6.20 Å². The standard InChI is InChI=1S/C17H20N4O2/c22-16-8-7-13-14(20-16)5-3-6-15(13)21-17(23)19-11-9-12-4-1-2-10-18-12/h1-2,4,7-8,10,15H,3,5-6,9,11H2,(H,20,22)(H2,19,21,23). The zero-order chi connectivity index (χ0) is 16.1. The Labute approximate surface area is 134 Å². The number of fused-ring (bicyclic) bond motifs is 1. The lowest BCUT2D eigenvalue weighted by molar-refractivity contribution is 0.235. The van der Waals surface area contributed by atoms with Crippen LogP contribution in [0.2, 0.25) is 0 Å². The van der Waals surface area contributed by atoms with E-state index in [2.05, 4.69) is 20.6 Å². The molecule has 6 heteroatoms. The maximum atomic E-state index is 12.1. The molecule has 1 aliphatic carbocycles. The molecule has 1 unspecified atom stereocenters. The van der Waals surface area contributed by atoms with Crippen molar-refractivity contribution < 1.29 is 4.79 Å². The van der Waals surface area contributed by atoms with Crippen molar-refractivity contribution in [3.8, 4) is 0 Å². The van der Waals surface area contributed by atoms with E-state index in [1.807, 2.05) is 24.3 Å². The van der Waals surface area contributed by atoms with Gasteiger partial charge in [-0.25, -0.2) is 4.79 Å². The second-order valence-corrected chi connectivity index (χ2v) is 5.67. The van der Waals surface area contributed by atoms with Crippen molar-refractivity contribution in [3.05, 3.63) is 63.8 Å². The Morgan fingerprint density at radius 2 is 2.22 bits per heavy atom. The molecule has 0 fully saturated rings. The van der Waals surface area contributed by atoms with Crippen LogP contribution in [0.15, 0.2) is 41.3 Å². The van der Waals surface area contributed by atoms with Gasteiger partial charge in [0.05, 0.1) is 6.04 Å². The van der Waals surface area contributed by atoms with Crippen molar-refractivity contribution in [3.63, 3.8) is 0 Å². The molecule has 0 saturated heterocycles. The fourth-order valence-corrected chi connectivity index (χ4v) is 2.91. The Bertz CT molecular complexity index is 727. The molecule has 0 aromatic carbocycles. The minimum Gasteiger partial charge on any atom is -0.338 e. The Balaban J connectivity index is 1.54. The average Bonchev–Trinajstić information content (AvgIpc) is 2.56. The summed E-state index contributed by atoms with van der Waals surface area (Å²) in [5.74, 6) is 0. The minimum absolute atomic E-state index is 0.0505. The summed E-state index contributed by atoms with van der Waals surface area (Å²) >= 11 is 0. The quantitative estimate of drug-likeness (QED) is 0.803. The number of rotatable bonds is 4. The van der Waals surface area contributed by atoms with Gasteiger partial charge < -0.3 is 15.6 Å². The number of hydrogen-bond acceptors (Lipinski definition) is 3. The van der Waals surface area contributed by atoms with E-state index in [0.717, 1.165) is 36.2 Å². The van der Waals surface area contributed by atoms with Gasteiger partial charge in [-0.2, -0.15) is 0 Å². The summed E-state index contributed by atoms with van der Waals surface area (Å²) < 4.78 is 0. The highest BCUT2D eigenvalue weighted by atomic mass is 16.2. The van der Waals surface area contributed by atoms with Gasteiger partial charge in [-0.1, -0.05) is 6.07 Å². The van der Waals surface area contributed by atoms with Gasteiger partial charge in [0.2, 0.25) is 5.56 Å². The van der Waals surface area contributed by atoms with E-state index < -0.39 is 0 Å². The van der Waals surface area contributed by atoms with Crippen molar-refractivity contribution in [1.29, 1.82) is 0 Å². The number of urea groups is 1. The SMILES string of the molecule is O=C(NCCc1ccccn1)NC1CCCc2[nH]c(=O)ccc21. The molecule has 0 radical (unpaired) electrons. The summed E-state index contributed by atoms with van der Waals surface area (Å²) in [6, 6.07) is 8.82. The number of nitrogens with zero attached hydrogens (tertiary/aromatic N) is 1. The summed E-state index contributed by atoms with van der Waals surface area (Å²) in [6.07, 6.45) is 5.13. The van der Waals surface area contributed by atoms with Gasteiger partial charge in [0.1, 0.15) is 0 Å². The van der Waals surface area contributed by atoms with Crippen LogP contribution in [0.3, 0.4) is 0 Å². The van der Waals surface area contributed by atoms with Gasteiger partial charge >= 0.3 is 6.03 Å². The third kappa shape index (κ3) is 3.97. The van der Waals surface area contributed by atoms with Crippen molar-refractivity contribution in [1.82, 2.24) is 20.6 Å². The number of nitrogens with one attached hydrogen (secondary N) is 3. The molecule has 3 rings (SSSR count). The number of carbonyl (C=O) groups excluding carboxylic acids is 1. The molecule has 0 saturated carbocycles. The van der Waals surface area contributed by atoms with Crippen LogP contribution < -0.4 is 16.2 Å². The largest absolute Gasteiger partial charge is 0.338 e. The van der Waals surface area contributed by atoms with Crippen LogP contribution in [0.1, 0.15) is 35.8 Å². The topological polar surface area (TPSA) is 86.9 Å². The molecule has 1 atom stereocenters. The summed E-state index contributed by atoms with van der Waals surface area (Å²) in [7, 11) is 0. The molecule has 2 amide bonds. The number of aryl methyl sites for hydroxylation is 1. The fourth-order valence-electron chi connectivity index (χ4n) is 2.91. The first-order chi connectivity index (χ1) is 11.2. The summed E-state index contributed by atoms with van der Waals surface area (Å²) in [5, 5.41) is 5.85. The zero-order valence-electron chi connectivity index (χ0n) is 12.8. The molecule has 0 bridgehead atoms. The lowest BCUT2D eigenvalue weighted by Crippen LogP contribution is -2.40. The first-order valence-corrected chi connectivity index (χ1v) is 7.89. The maximum Gasteiger partial charge on any atom is 0.315 e. The molecule has 2 aromatic rings. The number of amides is 2. The Hall–Kier alpha value is -2.63. The lowest BCUT2D eigenvalue weighted by atomic mass is 9.91. The highest BCUT2D eigenvalue weighted by Gasteiger charge is 2.22. The van der Waals surface area contributed by atoms with Crippen LogP contribution in [0.4, 0.5) is 4.79 Å². The molecular weight excluding hydrogens is 292 g/mol. The van der Waals surface area contributed by atoms with Gasteiger partial charge in [0.25, 0.3) is 0 Å². The van der Waals surface area contributed by atoms with Crippen molar-refractivity contribution in [2.45, 2.75) is 31.7 Å². The molecule has 3 N–H and O–H groups in total. The lowest BCUT2D eigenvalue weighted by Gasteiger charge is -2.25. The molecule has 2 aromatic heterocycles. The maximum absolute atomic E-state index is 12.1. The average molecular weight is 312 g/mol. The highest BCUT2D eigenvalue weighted by molar-refractivity contribution is 5.74. The molecule has 0 spiro atoms. The van der Waals surface area contributed by atoms with E-state index >= 15 is 0 Å². The number of H-pyrrole nitrogens is 1. The third-order valence-electron chi connectivity index (χ3n) is 4.03. The third-order valence-corrected chi connectivity index (χ3v) is 4.03. The van der Waals surface area contributed by atoms with Crippen molar-refractivity contribution in [2.75, 3.05) is 6.54 Å². The first kappa shape index (κ1) is 15.3. The zero-order valence-corrected chi connectivity index (χ0v) is 12.8. The molecule has 1 aliphatic rings. The summed E-state index contributed by atoms with van der Waals surface area (Å²) in [4.78, 5) is 30.5. The van der Waals surface area contributed by atoms with Gasteiger partial charge in [0.15, 0.2) is 0 Å². The van der Waals surface area contributed by atoms with Gasteiger partial charge in [-0.15, -0.1) is 0 Å². The van der Waals surface area contributed by atoms with E-state index in [-0.39, 0.29) is 17.6 Å². The Morgan fingerprint density at radius 1 is 1.30 bits per heavy atom. The van der Waals surface area contributed by atoms with Gasteiger partial charge in [-0.3, -0.25) is 9.78 Å². The minimum atomic E-state index is -0.190. The van der Waals surface area contributed by atoms with Crippen LogP contribution in [0.25, 0.3) is 0 Å². The fraction of sp³-hybridized carbons (Fsp3) is 0.353. The number of hydrogen-bond donors (Lipinski definition) is 3. The molecule has 23 heavy (non-hydrogen) atoms. The van der Waals surface area contributed by atoms with Crippen LogP contribution in [-0.4, -0.2) is 22.5 Å². The number of aromatic nitrogens is 2. The predicted molar refractivity (Wildman–Crippen MR) is 87.2 cm³/mol. The van der Waals surface area contributed by atoms with Gasteiger partial charge in [0, 0.05) is 36.6 Å². The second kappa shape index (κ2) is 7.09. The molecule has 2 heterocycles. The van der Waals surface area contributed by atoms with Crippen LogP contribution in [0.5, 0.6) is 0 Å². The van der Waals surface area contributed by atoms with Crippen molar-refractivity contribution in [2.24, 2.45) is 0 Å². The summed E-state index contributed by atoms with van der Waals surface area (Å²) in [5.41, 5.74) is 2.80. The van der Waals surface area contributed by atoms with Crippen LogP contribution in [-0.2, 0) is 12.8 Å².